The first-order chi connectivity index (χ1) is 9.58. The molecule has 2 N–H and O–H groups in total. The van der Waals surface area contributed by atoms with Crippen molar-refractivity contribution in [1.29, 1.82) is 5.26 Å². The molecule has 1 aliphatic heterocycles. The van der Waals surface area contributed by atoms with Crippen molar-refractivity contribution in [3.05, 3.63) is 33.5 Å². The van der Waals surface area contributed by atoms with E-state index in [2.05, 4.69) is 20.9 Å². The second kappa shape index (κ2) is 4.76. The molecule has 5 nitrogen and oxygen atoms in total. The molecular weight excluding hydrogens is 270 g/mol. The number of nitrogen functional groups attached to an aromatic ring is 1. The van der Waals surface area contributed by atoms with Gasteiger partial charge in [0.25, 0.3) is 0 Å². The number of hydrogen-bond donors (Lipinski definition) is 1. The van der Waals surface area contributed by atoms with E-state index in [0.29, 0.717) is 10.7 Å². The van der Waals surface area contributed by atoms with Crippen molar-refractivity contribution in [3.8, 4) is 6.07 Å². The van der Waals surface area contributed by atoms with Gasteiger partial charge in [-0.05, 0) is 25.5 Å². The lowest BCUT2D eigenvalue weighted by Crippen LogP contribution is -2.30. The Morgan fingerprint density at radius 3 is 2.90 bits per heavy atom. The highest BCUT2D eigenvalue weighted by molar-refractivity contribution is 7.15. The van der Waals surface area contributed by atoms with E-state index in [1.54, 1.807) is 11.3 Å². The molecule has 0 radical (unpaired) electrons. The van der Waals surface area contributed by atoms with Gasteiger partial charge in [0.05, 0.1) is 23.5 Å². The summed E-state index contributed by atoms with van der Waals surface area (Å²) in [5.41, 5.74) is 9.32. The van der Waals surface area contributed by atoms with E-state index in [4.69, 9.17) is 11.0 Å². The first kappa shape index (κ1) is 12.9. The fraction of sp³-hybridized carbons (Fsp3) is 0.357. The zero-order valence-electron chi connectivity index (χ0n) is 11.5. The predicted molar refractivity (Wildman–Crippen MR) is 79.7 cm³/mol. The molecule has 6 heteroatoms. The second-order valence-corrected chi connectivity index (χ2v) is 6.08. The van der Waals surface area contributed by atoms with Crippen molar-refractivity contribution in [2.45, 2.75) is 26.8 Å². The molecule has 3 heterocycles. The first-order valence-electron chi connectivity index (χ1n) is 6.46. The van der Waals surface area contributed by atoms with Gasteiger partial charge in [-0.3, -0.25) is 0 Å². The minimum absolute atomic E-state index is 0.636. The lowest BCUT2D eigenvalue weighted by atomic mass is 10.1. The van der Waals surface area contributed by atoms with Crippen LogP contribution in [0.15, 0.2) is 6.07 Å². The zero-order valence-corrected chi connectivity index (χ0v) is 12.3. The number of aromatic nitrogens is 2. The highest BCUT2D eigenvalue weighted by atomic mass is 32.1. The monoisotopic (exact) mass is 285 g/mol. The van der Waals surface area contributed by atoms with Crippen LogP contribution in [0.4, 0.5) is 10.9 Å². The molecule has 0 saturated carbocycles. The first-order valence-corrected chi connectivity index (χ1v) is 7.27. The summed E-state index contributed by atoms with van der Waals surface area (Å²) in [5, 5.41) is 9.75. The Kier molecular flexibility index (Phi) is 3.07. The van der Waals surface area contributed by atoms with Gasteiger partial charge in [0, 0.05) is 17.8 Å². The standard InChI is InChI=1S/C14H15N5S/c1-8-5-13(17-9(2)10(8)6-15)19-4-3-11-12(7-19)20-14(16)18-11/h5H,3-4,7H2,1-2H3,(H2,16,18). The van der Waals surface area contributed by atoms with E-state index in [9.17, 15) is 0 Å². The Bertz CT molecular complexity index is 690. The predicted octanol–water partition coefficient (Wildman–Crippen LogP) is 2.17. The topological polar surface area (TPSA) is 78.8 Å². The second-order valence-electron chi connectivity index (χ2n) is 4.96. The van der Waals surface area contributed by atoms with Crippen molar-refractivity contribution in [3.63, 3.8) is 0 Å². The van der Waals surface area contributed by atoms with Crippen molar-refractivity contribution in [2.75, 3.05) is 17.2 Å². The number of anilines is 2. The van der Waals surface area contributed by atoms with Crippen molar-refractivity contribution in [2.24, 2.45) is 0 Å². The smallest absolute Gasteiger partial charge is 0.180 e. The Labute approximate surface area is 121 Å². The van der Waals surface area contributed by atoms with Crippen LogP contribution in [-0.4, -0.2) is 16.5 Å². The number of pyridine rings is 1. The van der Waals surface area contributed by atoms with Crippen LogP contribution in [0.2, 0.25) is 0 Å². The molecule has 0 unspecified atom stereocenters. The summed E-state index contributed by atoms with van der Waals surface area (Å²) in [7, 11) is 0. The van der Waals surface area contributed by atoms with Crippen LogP contribution in [0.25, 0.3) is 0 Å². The van der Waals surface area contributed by atoms with Crippen molar-refractivity contribution >= 4 is 22.3 Å². The third-order valence-electron chi connectivity index (χ3n) is 3.57. The van der Waals surface area contributed by atoms with Crippen molar-refractivity contribution in [1.82, 2.24) is 9.97 Å². The van der Waals surface area contributed by atoms with Gasteiger partial charge in [-0.25, -0.2) is 9.97 Å². The van der Waals surface area contributed by atoms with Crippen LogP contribution < -0.4 is 10.6 Å². The summed E-state index contributed by atoms with van der Waals surface area (Å²) >= 11 is 1.55. The molecule has 0 saturated heterocycles. The average molecular weight is 285 g/mol. The van der Waals surface area contributed by atoms with Gasteiger partial charge in [0.2, 0.25) is 0 Å². The number of fused-ring (bicyclic) bond motifs is 1. The molecule has 0 aliphatic carbocycles. The average Bonchev–Trinajstić information content (AvgIpc) is 2.77. The van der Waals surface area contributed by atoms with Gasteiger partial charge >= 0.3 is 0 Å². The Hall–Kier alpha value is -2.13. The van der Waals surface area contributed by atoms with Gasteiger partial charge in [-0.2, -0.15) is 5.26 Å². The molecule has 3 rings (SSSR count). The number of nitriles is 1. The maximum atomic E-state index is 9.11. The van der Waals surface area contributed by atoms with Crippen LogP contribution >= 0.6 is 11.3 Å². The third kappa shape index (κ3) is 2.10. The number of thiazole rings is 1. The Balaban J connectivity index is 1.94. The summed E-state index contributed by atoms with van der Waals surface area (Å²) in [6.07, 6.45) is 0.892. The van der Waals surface area contributed by atoms with Crippen LogP contribution in [0.3, 0.4) is 0 Å². The molecule has 0 bridgehead atoms. The molecule has 0 aromatic carbocycles. The largest absolute Gasteiger partial charge is 0.375 e. The van der Waals surface area contributed by atoms with E-state index in [1.165, 1.54) is 4.88 Å². The molecule has 102 valence electrons. The number of nitrogens with two attached hydrogens (primary N) is 1. The summed E-state index contributed by atoms with van der Waals surface area (Å²) in [6, 6.07) is 4.19. The maximum absolute atomic E-state index is 9.11. The number of rotatable bonds is 1. The Morgan fingerprint density at radius 1 is 1.40 bits per heavy atom. The highest BCUT2D eigenvalue weighted by Crippen LogP contribution is 2.29. The zero-order chi connectivity index (χ0) is 14.3. The summed E-state index contributed by atoms with van der Waals surface area (Å²) < 4.78 is 0. The highest BCUT2D eigenvalue weighted by Gasteiger charge is 2.22. The molecule has 0 amide bonds. The molecule has 2 aromatic heterocycles. The summed E-state index contributed by atoms with van der Waals surface area (Å²) in [6.45, 7) is 5.52. The molecule has 1 aliphatic rings. The van der Waals surface area contributed by atoms with E-state index in [1.807, 2.05) is 19.9 Å². The number of aryl methyl sites for hydroxylation is 2. The van der Waals surface area contributed by atoms with Gasteiger partial charge in [-0.15, -0.1) is 11.3 Å². The molecular formula is C14H15N5S. The normalized spacial score (nSPS) is 13.9. The quantitative estimate of drug-likeness (QED) is 0.868. The van der Waals surface area contributed by atoms with Crippen LogP contribution in [0.1, 0.15) is 27.4 Å². The third-order valence-corrected chi connectivity index (χ3v) is 4.48. The van der Waals surface area contributed by atoms with E-state index in [0.717, 1.165) is 42.3 Å². The SMILES string of the molecule is Cc1cc(N2CCc3nc(N)sc3C2)nc(C)c1C#N. The molecule has 0 fully saturated rings. The molecule has 20 heavy (non-hydrogen) atoms. The van der Waals surface area contributed by atoms with E-state index >= 15 is 0 Å². The minimum atomic E-state index is 0.636. The van der Waals surface area contributed by atoms with Crippen LogP contribution in [-0.2, 0) is 13.0 Å². The Morgan fingerprint density at radius 2 is 2.20 bits per heavy atom. The maximum Gasteiger partial charge on any atom is 0.180 e. The summed E-state index contributed by atoms with van der Waals surface area (Å²) in [4.78, 5) is 12.4. The lowest BCUT2D eigenvalue weighted by molar-refractivity contribution is 0.717. The van der Waals surface area contributed by atoms with Gasteiger partial charge in [0.1, 0.15) is 11.9 Å². The van der Waals surface area contributed by atoms with E-state index in [-0.39, 0.29) is 0 Å². The lowest BCUT2D eigenvalue weighted by Gasteiger charge is -2.27. The van der Waals surface area contributed by atoms with Crippen LogP contribution in [0.5, 0.6) is 0 Å². The minimum Gasteiger partial charge on any atom is -0.375 e. The number of nitrogens with zero attached hydrogens (tertiary/aromatic N) is 4. The summed E-state index contributed by atoms with van der Waals surface area (Å²) in [5.74, 6) is 0.927. The number of hydrogen-bond acceptors (Lipinski definition) is 6. The van der Waals surface area contributed by atoms with Gasteiger partial charge in [-0.1, -0.05) is 0 Å². The molecule has 0 spiro atoms. The van der Waals surface area contributed by atoms with Gasteiger partial charge < -0.3 is 10.6 Å². The van der Waals surface area contributed by atoms with Gasteiger partial charge in [0.15, 0.2) is 5.13 Å². The fourth-order valence-corrected chi connectivity index (χ4v) is 3.45. The van der Waals surface area contributed by atoms with Crippen molar-refractivity contribution < 1.29 is 0 Å². The van der Waals surface area contributed by atoms with Crippen LogP contribution in [0, 0.1) is 25.2 Å². The fourth-order valence-electron chi connectivity index (χ4n) is 2.55. The molecule has 0 atom stereocenters. The molecule has 2 aromatic rings. The van der Waals surface area contributed by atoms with E-state index < -0.39 is 0 Å².